The van der Waals surface area contributed by atoms with E-state index in [0.717, 1.165) is 36.8 Å². The number of rotatable bonds is 5. The molecule has 59 heavy (non-hydrogen) atoms. The van der Waals surface area contributed by atoms with Crippen molar-refractivity contribution in [3.05, 3.63) is 206 Å². The molecule has 7 nitrogen and oxygen atoms in total. The van der Waals surface area contributed by atoms with Crippen molar-refractivity contribution in [1.82, 2.24) is 9.97 Å². The molecular formula is C47H48Br2Li2N6OS. The first-order valence-electron chi connectivity index (χ1n) is 17.7. The second-order valence-electron chi connectivity index (χ2n) is 13.9. The maximum absolute atomic E-state index is 12.5. The third-order valence-electron chi connectivity index (χ3n) is 7.83. The van der Waals surface area contributed by atoms with Crippen molar-refractivity contribution in [2.45, 2.75) is 59.3 Å². The Morgan fingerprint density at radius 3 is 1.90 bits per heavy atom. The topological polar surface area (TPSA) is 117 Å². The Morgan fingerprint density at radius 1 is 0.797 bits per heavy atom. The molecule has 2 N–H and O–H groups in total. The molecule has 6 aromatic rings. The van der Waals surface area contributed by atoms with Crippen LogP contribution in [-0.2, 0) is 16.5 Å². The number of pyridine rings is 2. The van der Waals surface area contributed by atoms with E-state index in [0.29, 0.717) is 22.7 Å². The first-order valence-corrected chi connectivity index (χ1v) is 20.4. The second kappa shape index (κ2) is 25.7. The number of hydrogen-bond donors (Lipinski definition) is 1. The number of aromatic nitrogens is 2. The predicted molar refractivity (Wildman–Crippen MR) is 244 cm³/mol. The monoisotopic (exact) mass is 916 g/mol. The molecular weight excluding hydrogens is 870 g/mol. The SMILES string of the molecule is C.CC(C)(C)S(=O)N=C(c1cccc(Br)c1)c1ccccc1C#N.C[C-](C)C.NC1=NC(c2ccncc2)(c2cccc(Br)c2)c2ccccc21.[Li+].[Li+].[c-]1ccncc1. The number of nitrogens with two attached hydrogens (primary N) is 1. The normalized spacial score (nSPS) is 14.2. The number of benzene rings is 4. The maximum Gasteiger partial charge on any atom is 1.00 e. The number of nitriles is 1. The molecule has 0 saturated heterocycles. The van der Waals surface area contributed by atoms with Crippen molar-refractivity contribution in [2.24, 2.45) is 15.1 Å². The fourth-order valence-corrected chi connectivity index (χ4v) is 6.86. The number of fused-ring (bicyclic) bond motifs is 1. The summed E-state index contributed by atoms with van der Waals surface area (Å²) in [5.74, 6) is 1.98. The third-order valence-corrected chi connectivity index (χ3v) is 10.2. The average molecular weight is 919 g/mol. The van der Waals surface area contributed by atoms with Crippen LogP contribution in [0.5, 0.6) is 0 Å². The van der Waals surface area contributed by atoms with Crippen LogP contribution in [0.2, 0.25) is 0 Å². The van der Waals surface area contributed by atoms with Gasteiger partial charge in [0.05, 0.1) is 22.1 Å². The van der Waals surface area contributed by atoms with Crippen LogP contribution in [0.25, 0.3) is 0 Å². The number of halogens is 2. The van der Waals surface area contributed by atoms with E-state index in [1.54, 1.807) is 49.1 Å². The fourth-order valence-electron chi connectivity index (χ4n) is 5.41. The zero-order chi connectivity index (χ0) is 40.7. The number of aliphatic imine (C=N–C) groups is 1. The number of nitrogens with zero attached hydrogens (tertiary/aromatic N) is 5. The second-order valence-corrected chi connectivity index (χ2v) is 17.7. The quantitative estimate of drug-likeness (QED) is 0.137. The Labute approximate surface area is 394 Å². The van der Waals surface area contributed by atoms with E-state index < -0.39 is 21.3 Å². The molecule has 294 valence electrons. The molecule has 0 saturated carbocycles. The Hall–Kier alpha value is -3.89. The molecule has 1 aliphatic heterocycles. The molecule has 3 heterocycles. The molecule has 2 atom stereocenters. The van der Waals surface area contributed by atoms with Gasteiger partial charge in [0.15, 0.2) is 0 Å². The average Bonchev–Trinajstić information content (AvgIpc) is 3.50. The summed E-state index contributed by atoms with van der Waals surface area (Å²) in [4.78, 5) is 12.8. The van der Waals surface area contributed by atoms with Gasteiger partial charge < -0.3 is 16.6 Å². The summed E-state index contributed by atoms with van der Waals surface area (Å²) in [5.41, 5.74) is 12.4. The molecule has 4 aromatic carbocycles. The first-order chi connectivity index (χ1) is 26.8. The summed E-state index contributed by atoms with van der Waals surface area (Å²) in [6.07, 6.45) is 6.98. The zero-order valence-electron chi connectivity index (χ0n) is 34.2. The van der Waals surface area contributed by atoms with Gasteiger partial charge in [-0.15, -0.1) is 0 Å². The molecule has 0 amide bonds. The minimum atomic E-state index is -1.42. The van der Waals surface area contributed by atoms with Gasteiger partial charge in [-0.05, 0) is 79.9 Å². The van der Waals surface area contributed by atoms with Crippen molar-refractivity contribution in [1.29, 1.82) is 5.26 Å². The van der Waals surface area contributed by atoms with Crippen LogP contribution in [-0.4, -0.2) is 30.5 Å². The van der Waals surface area contributed by atoms with Gasteiger partial charge in [-0.2, -0.15) is 48.6 Å². The third kappa shape index (κ3) is 15.0. The van der Waals surface area contributed by atoms with Crippen LogP contribution >= 0.6 is 31.9 Å². The van der Waals surface area contributed by atoms with Crippen molar-refractivity contribution in [3.63, 3.8) is 0 Å². The van der Waals surface area contributed by atoms with E-state index in [-0.39, 0.29) is 45.1 Å². The minimum Gasteiger partial charge on any atom is -0.391 e. The first kappa shape index (κ1) is 53.1. The maximum atomic E-state index is 12.5. The number of amidine groups is 1. The van der Waals surface area contributed by atoms with Crippen LogP contribution in [0.3, 0.4) is 0 Å². The van der Waals surface area contributed by atoms with Crippen LogP contribution in [0.15, 0.2) is 164 Å². The van der Waals surface area contributed by atoms with Crippen molar-refractivity contribution in [2.75, 3.05) is 0 Å². The van der Waals surface area contributed by atoms with E-state index in [1.807, 2.05) is 99.6 Å². The van der Waals surface area contributed by atoms with Crippen LogP contribution in [0, 0.1) is 23.3 Å². The molecule has 2 aromatic heterocycles. The zero-order valence-corrected chi connectivity index (χ0v) is 38.2. The molecule has 0 bridgehead atoms. The van der Waals surface area contributed by atoms with E-state index in [2.05, 4.69) is 97.3 Å². The Balaban J connectivity index is 0.000000459. The van der Waals surface area contributed by atoms with Crippen molar-refractivity contribution in [3.8, 4) is 6.07 Å². The minimum absolute atomic E-state index is 0. The van der Waals surface area contributed by atoms with Crippen LogP contribution in [0.4, 0.5) is 0 Å². The van der Waals surface area contributed by atoms with Crippen molar-refractivity contribution >= 4 is 54.4 Å². The van der Waals surface area contributed by atoms with Gasteiger partial charge in [0.1, 0.15) is 22.4 Å². The molecule has 2 unspecified atom stereocenters. The van der Waals surface area contributed by atoms with Gasteiger partial charge in [0.2, 0.25) is 0 Å². The van der Waals surface area contributed by atoms with E-state index in [9.17, 15) is 9.47 Å². The summed E-state index contributed by atoms with van der Waals surface area (Å²) in [6, 6.07) is 43.7. The van der Waals surface area contributed by atoms with Gasteiger partial charge >= 0.3 is 37.7 Å². The summed E-state index contributed by atoms with van der Waals surface area (Å²) >= 11 is 7.02. The summed E-state index contributed by atoms with van der Waals surface area (Å²) in [7, 11) is -1.42. The Bertz CT molecular complexity index is 2300. The molecule has 0 aliphatic carbocycles. The Kier molecular flexibility index (Phi) is 23.1. The summed E-state index contributed by atoms with van der Waals surface area (Å²) < 4.78 is 18.4. The molecule has 0 radical (unpaired) electrons. The van der Waals surface area contributed by atoms with Crippen molar-refractivity contribution < 1.29 is 41.9 Å². The van der Waals surface area contributed by atoms with E-state index >= 15 is 0 Å². The summed E-state index contributed by atoms with van der Waals surface area (Å²) in [5, 5.41) is 9.37. The molecule has 0 spiro atoms. The van der Waals surface area contributed by atoms with Gasteiger partial charge in [0, 0.05) is 38.0 Å². The van der Waals surface area contributed by atoms with E-state index in [1.165, 1.54) is 5.92 Å². The Morgan fingerprint density at radius 2 is 1.36 bits per heavy atom. The molecule has 0 fully saturated rings. The van der Waals surface area contributed by atoms with Gasteiger partial charge in [0.25, 0.3) is 0 Å². The molecule has 1 aliphatic rings. The van der Waals surface area contributed by atoms with Gasteiger partial charge in [-0.1, -0.05) is 118 Å². The van der Waals surface area contributed by atoms with Crippen LogP contribution < -0.4 is 43.5 Å². The standard InChI is InChI=1S/C19H14BrN3.C18H17BrN2OS.C5H4N.C4H9.CH4.2Li/c20-15-5-3-4-14(12-15)19(13-8-10-22-11-9-13)17-7-2-1-6-16(17)18(21)23-19;1-18(2,3)23(22)21-17(13-8-6-9-15(19)11-13)16-10-5-4-7-14(16)12-20;1-2-4-6-5-3-1;1-4(2)3;;;/h1-12H,(H2,21,23);4-11H,1-3H3;2-5H;1-3H3;1H4;;/q;;2*-1;;2*+1. The van der Waals surface area contributed by atoms with Crippen LogP contribution in [0.1, 0.15) is 87.9 Å². The van der Waals surface area contributed by atoms with Gasteiger partial charge in [-0.25, -0.2) is 9.20 Å². The molecule has 7 rings (SSSR count). The fraction of sp³-hybridized carbons (Fsp3) is 0.191. The number of hydrogen-bond acceptors (Lipinski definition) is 6. The largest absolute Gasteiger partial charge is 1.00 e. The van der Waals surface area contributed by atoms with Gasteiger partial charge in [-0.3, -0.25) is 4.98 Å². The molecule has 12 heteroatoms. The smallest absolute Gasteiger partial charge is 0.391 e. The van der Waals surface area contributed by atoms with E-state index in [4.69, 9.17) is 10.7 Å². The summed E-state index contributed by atoms with van der Waals surface area (Å²) in [6.45, 7) is 11.9. The predicted octanol–water partition coefficient (Wildman–Crippen LogP) is 5.62.